The summed E-state index contributed by atoms with van der Waals surface area (Å²) in [5.41, 5.74) is -1.08. The number of anilines is 1. The Kier molecular flexibility index (Phi) is 4.13. The van der Waals surface area contributed by atoms with Gasteiger partial charge in [-0.1, -0.05) is 0 Å². The summed E-state index contributed by atoms with van der Waals surface area (Å²) < 4.78 is 14.4. The van der Waals surface area contributed by atoms with Crippen LogP contribution in [-0.4, -0.2) is 41.2 Å². The highest BCUT2D eigenvalue weighted by Gasteiger charge is 2.35. The lowest BCUT2D eigenvalue weighted by Gasteiger charge is -2.36. The molecule has 2 heterocycles. The van der Waals surface area contributed by atoms with Gasteiger partial charge in [-0.15, -0.1) is 0 Å². The Morgan fingerprint density at radius 2 is 2.30 bits per heavy atom. The Balaban J connectivity index is 1.96. The molecule has 1 saturated heterocycles. The van der Waals surface area contributed by atoms with Gasteiger partial charge in [0, 0.05) is 39.1 Å². The van der Waals surface area contributed by atoms with Crippen LogP contribution < -0.4 is 10.2 Å². The molecule has 1 aromatic rings. The van der Waals surface area contributed by atoms with Crippen LogP contribution in [0.3, 0.4) is 0 Å². The maximum Gasteiger partial charge on any atom is 0.226 e. The van der Waals surface area contributed by atoms with Crippen LogP contribution >= 0.6 is 0 Å². The molecular weight excluding hydrogens is 261 g/mol. The largest absolute Gasteiger partial charge is 0.353 e. The summed E-state index contributed by atoms with van der Waals surface area (Å²) in [6.07, 6.45) is 2.12. The minimum Gasteiger partial charge on any atom is -0.353 e. The lowest BCUT2D eigenvalue weighted by atomic mass is 9.93. The molecule has 6 nitrogen and oxygen atoms in total. The van der Waals surface area contributed by atoms with Gasteiger partial charge in [0.25, 0.3) is 0 Å². The van der Waals surface area contributed by atoms with Crippen LogP contribution in [0.15, 0.2) is 12.3 Å². The minimum absolute atomic E-state index is 0.0370. The number of rotatable bonds is 3. The highest BCUT2D eigenvalue weighted by atomic mass is 19.1. The minimum atomic E-state index is -1.38. The number of nitrogens with one attached hydrogen (secondary N) is 1. The average molecular weight is 277 g/mol. The quantitative estimate of drug-likeness (QED) is 0.883. The SMILES string of the molecule is CC(=O)NCC1(F)CCN(c2nccc(C#N)n2)CC1. The molecule has 0 saturated carbocycles. The molecule has 106 valence electrons. The third kappa shape index (κ3) is 3.41. The van der Waals surface area contributed by atoms with Crippen molar-refractivity contribution in [2.75, 3.05) is 24.5 Å². The molecule has 0 atom stereocenters. The molecular formula is C13H16FN5O. The number of hydrogen-bond acceptors (Lipinski definition) is 5. The zero-order valence-electron chi connectivity index (χ0n) is 11.3. The Hall–Kier alpha value is -2.23. The topological polar surface area (TPSA) is 81.9 Å². The van der Waals surface area contributed by atoms with Gasteiger partial charge in [-0.2, -0.15) is 5.26 Å². The fourth-order valence-corrected chi connectivity index (χ4v) is 2.13. The third-order valence-corrected chi connectivity index (χ3v) is 3.35. The van der Waals surface area contributed by atoms with Crippen LogP contribution in [0.5, 0.6) is 0 Å². The first kappa shape index (κ1) is 14.2. The highest BCUT2D eigenvalue weighted by molar-refractivity contribution is 5.72. The van der Waals surface area contributed by atoms with E-state index in [9.17, 15) is 9.18 Å². The van der Waals surface area contributed by atoms with Gasteiger partial charge in [-0.05, 0) is 6.07 Å². The van der Waals surface area contributed by atoms with Crippen molar-refractivity contribution in [3.63, 3.8) is 0 Å². The van der Waals surface area contributed by atoms with Crippen molar-refractivity contribution in [1.29, 1.82) is 5.26 Å². The summed E-state index contributed by atoms with van der Waals surface area (Å²) in [4.78, 5) is 20.9. The zero-order valence-corrected chi connectivity index (χ0v) is 11.3. The van der Waals surface area contributed by atoms with E-state index in [4.69, 9.17) is 5.26 Å². The molecule has 1 amide bonds. The third-order valence-electron chi connectivity index (χ3n) is 3.35. The predicted octanol–water partition coefficient (Wildman–Crippen LogP) is 0.793. The van der Waals surface area contributed by atoms with E-state index in [1.807, 2.05) is 11.0 Å². The van der Waals surface area contributed by atoms with E-state index in [-0.39, 0.29) is 12.5 Å². The van der Waals surface area contributed by atoms with Crippen molar-refractivity contribution < 1.29 is 9.18 Å². The van der Waals surface area contributed by atoms with Gasteiger partial charge in [-0.3, -0.25) is 4.79 Å². The summed E-state index contributed by atoms with van der Waals surface area (Å²) in [7, 11) is 0. The predicted molar refractivity (Wildman–Crippen MR) is 70.7 cm³/mol. The first-order valence-electron chi connectivity index (χ1n) is 6.44. The second-order valence-electron chi connectivity index (χ2n) is 4.90. The summed E-state index contributed by atoms with van der Waals surface area (Å²) in [5.74, 6) is 0.222. The number of nitrogens with zero attached hydrogens (tertiary/aromatic N) is 4. The lowest BCUT2D eigenvalue weighted by molar-refractivity contribution is -0.119. The Bertz CT molecular complexity index is 534. The maximum atomic E-state index is 14.4. The van der Waals surface area contributed by atoms with Gasteiger partial charge in [0.1, 0.15) is 17.4 Å². The summed E-state index contributed by atoms with van der Waals surface area (Å²) in [5, 5.41) is 11.3. The van der Waals surface area contributed by atoms with Gasteiger partial charge in [-0.25, -0.2) is 14.4 Å². The lowest BCUT2D eigenvalue weighted by Crippen LogP contribution is -2.48. The first-order valence-corrected chi connectivity index (χ1v) is 6.44. The molecule has 0 aromatic carbocycles. The van der Waals surface area contributed by atoms with Crippen LogP contribution in [0, 0.1) is 11.3 Å². The second-order valence-corrected chi connectivity index (χ2v) is 4.90. The number of piperidine rings is 1. The van der Waals surface area contributed by atoms with Crippen molar-refractivity contribution >= 4 is 11.9 Å². The molecule has 7 heteroatoms. The number of nitriles is 1. The standard InChI is InChI=1S/C13H16FN5O/c1-10(20)17-9-13(14)3-6-19(7-4-13)12-16-5-2-11(8-15)18-12/h2,5H,3-4,6-7,9H2,1H3,(H,17,20). The zero-order chi connectivity index (χ0) is 14.6. The summed E-state index contributed by atoms with van der Waals surface area (Å²) >= 11 is 0. The second kappa shape index (κ2) is 5.82. The molecule has 0 bridgehead atoms. The normalized spacial score (nSPS) is 17.4. The van der Waals surface area contributed by atoms with Crippen LogP contribution in [0.1, 0.15) is 25.5 Å². The molecule has 1 aliphatic rings. The highest BCUT2D eigenvalue weighted by Crippen LogP contribution is 2.27. The Labute approximate surface area is 116 Å². The van der Waals surface area contributed by atoms with E-state index < -0.39 is 5.67 Å². The van der Waals surface area contributed by atoms with E-state index in [1.54, 1.807) is 0 Å². The monoisotopic (exact) mass is 277 g/mol. The van der Waals surface area contributed by atoms with Crippen LogP contribution in [0.25, 0.3) is 0 Å². The molecule has 1 fully saturated rings. The van der Waals surface area contributed by atoms with Gasteiger partial charge in [0.2, 0.25) is 11.9 Å². The molecule has 0 radical (unpaired) electrons. The van der Waals surface area contributed by atoms with Gasteiger partial charge in [0.15, 0.2) is 0 Å². The molecule has 20 heavy (non-hydrogen) atoms. The van der Waals surface area contributed by atoms with E-state index in [0.29, 0.717) is 37.6 Å². The fourth-order valence-electron chi connectivity index (χ4n) is 2.13. The van der Waals surface area contributed by atoms with E-state index in [1.165, 1.54) is 19.2 Å². The van der Waals surface area contributed by atoms with E-state index in [0.717, 1.165) is 0 Å². The van der Waals surface area contributed by atoms with E-state index >= 15 is 0 Å². The van der Waals surface area contributed by atoms with Crippen molar-refractivity contribution in [2.45, 2.75) is 25.4 Å². The van der Waals surface area contributed by atoms with Crippen LogP contribution in [-0.2, 0) is 4.79 Å². The Morgan fingerprint density at radius 1 is 1.60 bits per heavy atom. The number of amides is 1. The van der Waals surface area contributed by atoms with Crippen LogP contribution in [0.2, 0.25) is 0 Å². The number of aromatic nitrogens is 2. The number of hydrogen-bond donors (Lipinski definition) is 1. The fraction of sp³-hybridized carbons (Fsp3) is 0.538. The molecule has 2 rings (SSSR count). The molecule has 0 unspecified atom stereocenters. The molecule has 1 aromatic heterocycles. The summed E-state index contributed by atoms with van der Waals surface area (Å²) in [6.45, 7) is 2.34. The summed E-state index contributed by atoms with van der Waals surface area (Å²) in [6, 6.07) is 3.49. The molecule has 1 N–H and O–H groups in total. The van der Waals surface area contributed by atoms with Crippen molar-refractivity contribution in [3.05, 3.63) is 18.0 Å². The van der Waals surface area contributed by atoms with Crippen molar-refractivity contribution in [1.82, 2.24) is 15.3 Å². The van der Waals surface area contributed by atoms with Gasteiger partial charge in [0.05, 0.1) is 6.54 Å². The van der Waals surface area contributed by atoms with Crippen molar-refractivity contribution in [2.24, 2.45) is 0 Å². The smallest absolute Gasteiger partial charge is 0.226 e. The number of carbonyl (C=O) groups is 1. The first-order chi connectivity index (χ1) is 9.52. The number of carbonyl (C=O) groups excluding carboxylic acids is 1. The van der Waals surface area contributed by atoms with E-state index in [2.05, 4.69) is 15.3 Å². The van der Waals surface area contributed by atoms with Crippen LogP contribution in [0.4, 0.5) is 10.3 Å². The average Bonchev–Trinajstić information content (AvgIpc) is 2.46. The number of alkyl halides is 1. The maximum absolute atomic E-state index is 14.4. The Morgan fingerprint density at radius 3 is 2.90 bits per heavy atom. The van der Waals surface area contributed by atoms with Gasteiger partial charge < -0.3 is 10.2 Å². The molecule has 1 aliphatic heterocycles. The molecule has 0 aliphatic carbocycles. The van der Waals surface area contributed by atoms with Gasteiger partial charge >= 0.3 is 0 Å². The molecule has 0 spiro atoms. The number of halogens is 1. The van der Waals surface area contributed by atoms with Crippen molar-refractivity contribution in [3.8, 4) is 6.07 Å².